The normalized spacial score (nSPS) is 29.4. The van der Waals surface area contributed by atoms with Gasteiger partial charge in [0.15, 0.2) is 0 Å². The van der Waals surface area contributed by atoms with E-state index in [9.17, 15) is 0 Å². The predicted octanol–water partition coefficient (Wildman–Crippen LogP) is 2.78. The standard InChI is InChI=1S/C14H15IN2O/c15-13-3-4-14-12(13)5-9(6-16-14)17-7-10-1-2-11(8-17)18-10/h3,5-6,10-11H,1-2,4,7-8H2. The molecule has 3 heterocycles. The number of hydrogen-bond donors (Lipinski definition) is 0. The van der Waals surface area contributed by atoms with Crippen LogP contribution in [0.4, 0.5) is 5.69 Å². The lowest BCUT2D eigenvalue weighted by atomic mass is 10.2. The number of halogens is 1. The molecule has 0 aromatic carbocycles. The molecule has 2 bridgehead atoms. The highest BCUT2D eigenvalue weighted by Crippen LogP contribution is 2.35. The fourth-order valence-electron chi connectivity index (χ4n) is 3.15. The van der Waals surface area contributed by atoms with Crippen LogP contribution in [-0.4, -0.2) is 30.3 Å². The van der Waals surface area contributed by atoms with Crippen molar-refractivity contribution in [1.29, 1.82) is 0 Å². The molecule has 0 radical (unpaired) electrons. The Morgan fingerprint density at radius 2 is 2.06 bits per heavy atom. The number of anilines is 1. The zero-order chi connectivity index (χ0) is 12.1. The molecule has 0 amide bonds. The molecular weight excluding hydrogens is 339 g/mol. The van der Waals surface area contributed by atoms with Crippen LogP contribution < -0.4 is 4.90 Å². The van der Waals surface area contributed by atoms with Gasteiger partial charge in [-0.15, -0.1) is 0 Å². The van der Waals surface area contributed by atoms with Crippen LogP contribution in [0.3, 0.4) is 0 Å². The van der Waals surface area contributed by atoms with Gasteiger partial charge in [-0.25, -0.2) is 0 Å². The Labute approximate surface area is 120 Å². The molecule has 4 rings (SSSR count). The van der Waals surface area contributed by atoms with Crippen molar-refractivity contribution in [2.45, 2.75) is 31.5 Å². The lowest BCUT2D eigenvalue weighted by molar-refractivity contribution is 0.0305. The average Bonchev–Trinajstić information content (AvgIpc) is 2.93. The number of fused-ring (bicyclic) bond motifs is 3. The van der Waals surface area contributed by atoms with E-state index in [-0.39, 0.29) is 0 Å². The largest absolute Gasteiger partial charge is 0.371 e. The van der Waals surface area contributed by atoms with Crippen molar-refractivity contribution in [3.8, 4) is 0 Å². The third-order valence-corrected chi connectivity index (χ3v) is 5.12. The third kappa shape index (κ3) is 1.77. The maximum atomic E-state index is 5.89. The van der Waals surface area contributed by atoms with E-state index >= 15 is 0 Å². The number of morpholine rings is 1. The zero-order valence-electron chi connectivity index (χ0n) is 10.1. The number of rotatable bonds is 1. The van der Waals surface area contributed by atoms with E-state index in [1.807, 2.05) is 6.20 Å². The van der Waals surface area contributed by atoms with E-state index in [2.05, 4.69) is 44.6 Å². The molecule has 2 atom stereocenters. The summed E-state index contributed by atoms with van der Waals surface area (Å²) in [5.74, 6) is 0. The molecule has 2 fully saturated rings. The lowest BCUT2D eigenvalue weighted by Gasteiger charge is -2.33. The fraction of sp³-hybridized carbons (Fsp3) is 0.500. The lowest BCUT2D eigenvalue weighted by Crippen LogP contribution is -2.42. The summed E-state index contributed by atoms with van der Waals surface area (Å²) >= 11 is 2.41. The Hall–Kier alpha value is -0.620. The van der Waals surface area contributed by atoms with Gasteiger partial charge in [0.25, 0.3) is 0 Å². The second-order valence-electron chi connectivity index (χ2n) is 5.31. The fourth-order valence-corrected chi connectivity index (χ4v) is 3.83. The van der Waals surface area contributed by atoms with E-state index in [1.54, 1.807) is 0 Å². The molecule has 0 N–H and O–H groups in total. The average molecular weight is 354 g/mol. The number of allylic oxidation sites excluding steroid dienone is 1. The van der Waals surface area contributed by atoms with Gasteiger partial charge in [0.1, 0.15) is 0 Å². The molecule has 0 saturated carbocycles. The van der Waals surface area contributed by atoms with Crippen molar-refractivity contribution in [3.05, 3.63) is 29.6 Å². The third-order valence-electron chi connectivity index (χ3n) is 4.10. The van der Waals surface area contributed by atoms with Gasteiger partial charge in [-0.1, -0.05) is 6.08 Å². The molecule has 2 saturated heterocycles. The predicted molar refractivity (Wildman–Crippen MR) is 80.0 cm³/mol. The maximum absolute atomic E-state index is 5.89. The van der Waals surface area contributed by atoms with Crippen molar-refractivity contribution < 1.29 is 4.74 Å². The molecule has 1 aliphatic carbocycles. The van der Waals surface area contributed by atoms with E-state index < -0.39 is 0 Å². The monoisotopic (exact) mass is 354 g/mol. The number of nitrogens with zero attached hydrogens (tertiary/aromatic N) is 2. The first-order chi connectivity index (χ1) is 8.79. The van der Waals surface area contributed by atoms with Crippen molar-refractivity contribution in [2.24, 2.45) is 0 Å². The van der Waals surface area contributed by atoms with Crippen molar-refractivity contribution in [1.82, 2.24) is 4.98 Å². The Balaban J connectivity index is 1.65. The highest BCUT2D eigenvalue weighted by Gasteiger charge is 2.34. The van der Waals surface area contributed by atoms with Crippen LogP contribution in [-0.2, 0) is 11.2 Å². The molecule has 3 nitrogen and oxygen atoms in total. The smallest absolute Gasteiger partial charge is 0.0755 e. The summed E-state index contributed by atoms with van der Waals surface area (Å²) in [6.45, 7) is 2.05. The van der Waals surface area contributed by atoms with Gasteiger partial charge in [0, 0.05) is 28.7 Å². The van der Waals surface area contributed by atoms with E-state index in [1.165, 1.54) is 33.4 Å². The molecule has 4 heteroatoms. The number of ether oxygens (including phenoxy) is 1. The Kier molecular flexibility index (Phi) is 2.62. The van der Waals surface area contributed by atoms with Gasteiger partial charge >= 0.3 is 0 Å². The van der Waals surface area contributed by atoms with Gasteiger partial charge in [-0.05, 0) is 41.5 Å². The number of hydrogen-bond acceptors (Lipinski definition) is 3. The number of aromatic nitrogens is 1. The van der Waals surface area contributed by atoms with Crippen LogP contribution in [0.2, 0.25) is 0 Å². The molecule has 2 unspecified atom stereocenters. The first-order valence-corrected chi connectivity index (χ1v) is 7.63. The van der Waals surface area contributed by atoms with Gasteiger partial charge in [0.2, 0.25) is 0 Å². The van der Waals surface area contributed by atoms with Gasteiger partial charge < -0.3 is 9.64 Å². The summed E-state index contributed by atoms with van der Waals surface area (Å²) in [5, 5.41) is 0. The molecule has 1 aromatic heterocycles. The van der Waals surface area contributed by atoms with Crippen LogP contribution >= 0.6 is 22.6 Å². The minimum absolute atomic E-state index is 0.437. The van der Waals surface area contributed by atoms with Crippen molar-refractivity contribution >= 4 is 31.9 Å². The Morgan fingerprint density at radius 1 is 1.28 bits per heavy atom. The van der Waals surface area contributed by atoms with Gasteiger partial charge in [-0.3, -0.25) is 4.98 Å². The second-order valence-corrected chi connectivity index (χ2v) is 6.47. The molecule has 18 heavy (non-hydrogen) atoms. The summed E-state index contributed by atoms with van der Waals surface area (Å²) in [5.41, 5.74) is 3.81. The topological polar surface area (TPSA) is 25.4 Å². The minimum atomic E-state index is 0.437. The molecule has 3 aliphatic rings. The van der Waals surface area contributed by atoms with E-state index in [0.29, 0.717) is 12.2 Å². The maximum Gasteiger partial charge on any atom is 0.0755 e. The summed E-state index contributed by atoms with van der Waals surface area (Å²) in [6, 6.07) is 2.30. The van der Waals surface area contributed by atoms with Crippen molar-refractivity contribution in [3.63, 3.8) is 0 Å². The first-order valence-electron chi connectivity index (χ1n) is 6.55. The quantitative estimate of drug-likeness (QED) is 0.726. The van der Waals surface area contributed by atoms with E-state index in [0.717, 1.165) is 19.5 Å². The number of pyridine rings is 1. The van der Waals surface area contributed by atoms with Gasteiger partial charge in [-0.2, -0.15) is 0 Å². The summed E-state index contributed by atoms with van der Waals surface area (Å²) in [7, 11) is 0. The molecule has 0 spiro atoms. The van der Waals surface area contributed by atoms with Crippen LogP contribution in [0.15, 0.2) is 18.3 Å². The molecule has 1 aromatic rings. The SMILES string of the molecule is IC1=CCc2ncc(N3CC4CCC(C3)O4)cc21. The second kappa shape index (κ2) is 4.20. The van der Waals surface area contributed by atoms with Crippen LogP contribution in [0, 0.1) is 0 Å². The minimum Gasteiger partial charge on any atom is -0.371 e. The van der Waals surface area contributed by atoms with Crippen LogP contribution in [0.1, 0.15) is 24.1 Å². The summed E-state index contributed by atoms with van der Waals surface area (Å²) < 4.78 is 7.23. The molecule has 2 aliphatic heterocycles. The molecular formula is C14H15IN2O. The summed E-state index contributed by atoms with van der Waals surface area (Å²) in [6.07, 6.45) is 8.59. The molecule has 94 valence electrons. The zero-order valence-corrected chi connectivity index (χ0v) is 12.3. The Bertz CT molecular complexity index is 517. The van der Waals surface area contributed by atoms with Gasteiger partial charge in [0.05, 0.1) is 29.8 Å². The van der Waals surface area contributed by atoms with E-state index in [4.69, 9.17) is 4.74 Å². The first kappa shape index (κ1) is 11.2. The Morgan fingerprint density at radius 3 is 2.83 bits per heavy atom. The highest BCUT2D eigenvalue weighted by molar-refractivity contribution is 14.1. The van der Waals surface area contributed by atoms with Crippen LogP contribution in [0.25, 0.3) is 3.58 Å². The highest BCUT2D eigenvalue weighted by atomic mass is 127. The van der Waals surface area contributed by atoms with Crippen molar-refractivity contribution in [2.75, 3.05) is 18.0 Å². The van der Waals surface area contributed by atoms with Crippen LogP contribution in [0.5, 0.6) is 0 Å². The summed E-state index contributed by atoms with van der Waals surface area (Å²) in [4.78, 5) is 7.06.